The molecule has 1 aliphatic heterocycles. The quantitative estimate of drug-likeness (QED) is 0.685. The van der Waals surface area contributed by atoms with E-state index in [1.807, 2.05) is 0 Å². The second-order valence-electron chi connectivity index (χ2n) is 7.97. The normalized spacial score (nSPS) is 18.5. The Bertz CT molecular complexity index is 1160. The first kappa shape index (κ1) is 21.6. The molecule has 1 aromatic heterocycles. The molecule has 2 aromatic rings. The topological polar surface area (TPSA) is 83.6 Å². The summed E-state index contributed by atoms with van der Waals surface area (Å²) in [6.45, 7) is 4.40. The van der Waals surface area contributed by atoms with E-state index in [1.165, 1.54) is 23.5 Å². The molecule has 2 aliphatic rings. The average molecular weight is 441 g/mol. The van der Waals surface area contributed by atoms with Crippen molar-refractivity contribution in [1.29, 1.82) is 4.78 Å². The Kier molecular flexibility index (Phi) is 6.43. The van der Waals surface area contributed by atoms with Crippen molar-refractivity contribution in [2.75, 3.05) is 18.8 Å². The van der Waals surface area contributed by atoms with Gasteiger partial charge < -0.3 is 9.15 Å². The fourth-order valence-corrected chi connectivity index (χ4v) is 4.83. The number of hydrogen-bond acceptors (Lipinski definition) is 6. The maximum Gasteiger partial charge on any atom is 0.227 e. The van der Waals surface area contributed by atoms with Crippen LogP contribution < -0.4 is 10.2 Å². The van der Waals surface area contributed by atoms with Crippen molar-refractivity contribution in [1.82, 2.24) is 4.90 Å². The first-order valence-corrected chi connectivity index (χ1v) is 12.4. The molecule has 2 heterocycles. The predicted octanol–water partition coefficient (Wildman–Crippen LogP) is 4.50. The molecule has 1 N–H and O–H groups in total. The van der Waals surface area contributed by atoms with Gasteiger partial charge in [-0.2, -0.15) is 0 Å². The van der Waals surface area contributed by atoms with E-state index in [1.54, 1.807) is 31.2 Å². The van der Waals surface area contributed by atoms with Crippen LogP contribution in [0.5, 0.6) is 5.75 Å². The summed E-state index contributed by atoms with van der Waals surface area (Å²) in [5.74, 6) is 1.09. The Morgan fingerprint density at radius 3 is 2.61 bits per heavy atom. The fourth-order valence-electron chi connectivity index (χ4n) is 3.92. The molecule has 31 heavy (non-hydrogen) atoms. The van der Waals surface area contributed by atoms with Crippen LogP contribution in [0, 0.1) is 4.78 Å². The van der Waals surface area contributed by atoms with Crippen molar-refractivity contribution in [2.24, 2.45) is 0 Å². The van der Waals surface area contributed by atoms with Gasteiger partial charge in [-0.1, -0.05) is 31.2 Å². The Labute approximate surface area is 183 Å². The van der Waals surface area contributed by atoms with E-state index < -0.39 is 9.73 Å². The number of benzene rings is 1. The first-order chi connectivity index (χ1) is 14.9. The molecule has 1 saturated heterocycles. The smallest absolute Gasteiger partial charge is 0.227 e. The molecule has 1 aliphatic carbocycles. The van der Waals surface area contributed by atoms with E-state index in [0.717, 1.165) is 37.9 Å². The van der Waals surface area contributed by atoms with Crippen LogP contribution in [0.2, 0.25) is 0 Å². The fraction of sp³-hybridized carbons (Fsp3) is 0.375. The molecule has 0 amide bonds. The standard InChI is InChI=1S/C24H28N2O4S/c1-2-31(25,28)22-9-7-18(8-10-22)16-30-24-17-29-21(13-23(24)27)15-26-12-11-19-5-3-4-6-20(19)14-26/h5-10,13,17,25H,2-4,11-12,14-16H2,1H3. The van der Waals surface area contributed by atoms with Crippen LogP contribution in [-0.2, 0) is 22.9 Å². The molecule has 1 aromatic carbocycles. The van der Waals surface area contributed by atoms with Crippen LogP contribution in [-0.4, -0.2) is 28.0 Å². The number of ether oxygens (including phenoxy) is 1. The molecule has 6 nitrogen and oxygen atoms in total. The van der Waals surface area contributed by atoms with Gasteiger partial charge in [0.15, 0.2) is 0 Å². The van der Waals surface area contributed by atoms with Crippen molar-refractivity contribution in [3.05, 3.63) is 81.4 Å². The van der Waals surface area contributed by atoms with Gasteiger partial charge in [-0.05, 0) is 48.1 Å². The molecular weight excluding hydrogens is 412 g/mol. The van der Waals surface area contributed by atoms with Crippen molar-refractivity contribution < 1.29 is 13.4 Å². The van der Waals surface area contributed by atoms with Crippen molar-refractivity contribution >= 4 is 9.73 Å². The van der Waals surface area contributed by atoms with E-state index in [2.05, 4.69) is 17.1 Å². The number of hydrogen-bond donors (Lipinski definition) is 1. The summed E-state index contributed by atoms with van der Waals surface area (Å²) in [5, 5.41) is 0. The highest BCUT2D eigenvalue weighted by molar-refractivity contribution is 7.92. The second kappa shape index (κ2) is 9.24. The van der Waals surface area contributed by atoms with Gasteiger partial charge in [-0.15, -0.1) is 0 Å². The lowest BCUT2D eigenvalue weighted by molar-refractivity contribution is 0.243. The van der Waals surface area contributed by atoms with Gasteiger partial charge in [0, 0.05) is 29.8 Å². The summed E-state index contributed by atoms with van der Waals surface area (Å²) in [6.07, 6.45) is 9.35. The van der Waals surface area contributed by atoms with Gasteiger partial charge in [0.1, 0.15) is 18.6 Å². The van der Waals surface area contributed by atoms with Crippen LogP contribution in [0.25, 0.3) is 0 Å². The minimum atomic E-state index is -2.73. The van der Waals surface area contributed by atoms with Gasteiger partial charge in [0.05, 0.1) is 16.3 Å². The molecule has 1 atom stereocenters. The highest BCUT2D eigenvalue weighted by Gasteiger charge is 2.20. The van der Waals surface area contributed by atoms with E-state index in [-0.39, 0.29) is 23.5 Å². The number of piperidine rings is 1. The Morgan fingerprint density at radius 2 is 1.90 bits per heavy atom. The summed E-state index contributed by atoms with van der Waals surface area (Å²) in [6, 6.07) is 8.42. The number of fused-ring (bicyclic) bond motifs is 1. The van der Waals surface area contributed by atoms with E-state index in [9.17, 15) is 9.00 Å². The number of allylic oxidation sites excluding steroid dienone is 2. The van der Waals surface area contributed by atoms with Gasteiger partial charge in [-0.3, -0.25) is 9.69 Å². The zero-order valence-corrected chi connectivity index (χ0v) is 18.6. The zero-order chi connectivity index (χ0) is 21.8. The zero-order valence-electron chi connectivity index (χ0n) is 17.8. The third-order valence-corrected chi connectivity index (χ3v) is 7.64. The molecule has 0 bridgehead atoms. The summed E-state index contributed by atoms with van der Waals surface area (Å²) >= 11 is 0. The van der Waals surface area contributed by atoms with Crippen molar-refractivity contribution in [3.8, 4) is 5.75 Å². The van der Waals surface area contributed by atoms with Crippen molar-refractivity contribution in [2.45, 2.75) is 44.2 Å². The Balaban J connectivity index is 1.35. The Hall–Kier alpha value is -2.64. The average Bonchev–Trinajstić information content (AvgIpc) is 2.79. The highest BCUT2D eigenvalue weighted by atomic mass is 32.2. The van der Waals surface area contributed by atoms with Crippen LogP contribution in [0.1, 0.15) is 37.5 Å². The number of rotatable bonds is 7. The highest BCUT2D eigenvalue weighted by Crippen LogP contribution is 2.27. The molecule has 1 fully saturated rings. The van der Waals surface area contributed by atoms with Gasteiger partial charge in [0.25, 0.3) is 0 Å². The lowest BCUT2D eigenvalue weighted by Gasteiger charge is -2.31. The van der Waals surface area contributed by atoms with Gasteiger partial charge in [-0.25, -0.2) is 8.99 Å². The summed E-state index contributed by atoms with van der Waals surface area (Å²) in [7, 11) is -2.73. The number of likely N-dealkylation sites (tertiary alicyclic amines) is 1. The van der Waals surface area contributed by atoms with Crippen LogP contribution in [0.4, 0.5) is 0 Å². The minimum Gasteiger partial charge on any atom is -0.482 e. The monoisotopic (exact) mass is 440 g/mol. The molecular formula is C24H28N2O4S. The molecule has 0 radical (unpaired) electrons. The molecule has 0 saturated carbocycles. The lowest BCUT2D eigenvalue weighted by atomic mass is 9.91. The second-order valence-corrected chi connectivity index (χ2v) is 10.4. The molecule has 1 unspecified atom stereocenters. The third-order valence-electron chi connectivity index (χ3n) is 5.79. The minimum absolute atomic E-state index is 0.171. The Morgan fingerprint density at radius 1 is 1.16 bits per heavy atom. The van der Waals surface area contributed by atoms with Gasteiger partial charge in [0.2, 0.25) is 11.2 Å². The lowest BCUT2D eigenvalue weighted by Crippen LogP contribution is -2.32. The molecule has 0 spiro atoms. The van der Waals surface area contributed by atoms with Crippen LogP contribution in [0.15, 0.2) is 74.0 Å². The summed E-state index contributed by atoms with van der Waals surface area (Å²) < 4.78 is 31.3. The van der Waals surface area contributed by atoms with E-state index >= 15 is 0 Å². The van der Waals surface area contributed by atoms with E-state index in [0.29, 0.717) is 17.2 Å². The largest absolute Gasteiger partial charge is 0.482 e. The predicted molar refractivity (Wildman–Crippen MR) is 121 cm³/mol. The summed E-state index contributed by atoms with van der Waals surface area (Å²) in [4.78, 5) is 15.3. The first-order valence-electron chi connectivity index (χ1n) is 10.7. The third kappa shape index (κ3) is 5.17. The van der Waals surface area contributed by atoms with Crippen LogP contribution >= 0.6 is 0 Å². The molecule has 164 valence electrons. The molecule has 4 rings (SSSR count). The van der Waals surface area contributed by atoms with E-state index in [4.69, 9.17) is 13.9 Å². The maximum absolute atomic E-state index is 12.5. The van der Waals surface area contributed by atoms with Gasteiger partial charge >= 0.3 is 0 Å². The summed E-state index contributed by atoms with van der Waals surface area (Å²) in [5.41, 5.74) is 3.51. The SMILES string of the molecule is CCS(=N)(=O)c1ccc(COc2coc(CN3CCC4=CCCC=C4C3)cc2=O)cc1. The number of nitrogens with one attached hydrogen (secondary N) is 1. The maximum atomic E-state index is 12.5. The molecule has 7 heteroatoms. The van der Waals surface area contributed by atoms with Crippen LogP contribution in [0.3, 0.4) is 0 Å². The van der Waals surface area contributed by atoms with Crippen molar-refractivity contribution in [3.63, 3.8) is 0 Å². The number of nitrogens with zero attached hydrogens (tertiary/aromatic N) is 1.